The summed E-state index contributed by atoms with van der Waals surface area (Å²) in [6.45, 7) is 2.88. The van der Waals surface area contributed by atoms with Crippen LogP contribution in [0.5, 0.6) is 5.75 Å². The molecule has 0 saturated carbocycles. The zero-order valence-corrected chi connectivity index (χ0v) is 14.9. The van der Waals surface area contributed by atoms with Crippen molar-refractivity contribution in [2.24, 2.45) is 0 Å². The van der Waals surface area contributed by atoms with Gasteiger partial charge in [0.2, 0.25) is 0 Å². The maximum absolute atomic E-state index is 11.7. The largest absolute Gasteiger partial charge is 0.493 e. The van der Waals surface area contributed by atoms with Gasteiger partial charge in [0.25, 0.3) is 0 Å². The molecule has 132 valence electrons. The van der Waals surface area contributed by atoms with Crippen LogP contribution in [0.3, 0.4) is 0 Å². The second-order valence-electron chi connectivity index (χ2n) is 5.74. The number of hydrogen-bond acceptors (Lipinski definition) is 6. The Kier molecular flexibility index (Phi) is 4.89. The zero-order valence-electron chi connectivity index (χ0n) is 14.0. The number of aryl methyl sites for hydroxylation is 1. The van der Waals surface area contributed by atoms with Crippen molar-refractivity contribution in [3.05, 3.63) is 48.0 Å². The fourth-order valence-corrected chi connectivity index (χ4v) is 2.95. The molecular formula is C17H19N3O4S. The monoisotopic (exact) mass is 361 g/mol. The first-order valence-electron chi connectivity index (χ1n) is 7.82. The summed E-state index contributed by atoms with van der Waals surface area (Å²) in [7, 11) is -3.30. The maximum atomic E-state index is 11.7. The number of ether oxygens (including phenoxy) is 1. The summed E-state index contributed by atoms with van der Waals surface area (Å²) in [5.74, 6) is 0.823. The molecule has 0 aliphatic rings. The first-order valence-corrected chi connectivity index (χ1v) is 9.71. The smallest absolute Gasteiger partial charge is 0.175 e. The quantitative estimate of drug-likeness (QED) is 0.599. The van der Waals surface area contributed by atoms with Gasteiger partial charge in [0.05, 0.1) is 11.5 Å². The van der Waals surface area contributed by atoms with Crippen LogP contribution in [0.15, 0.2) is 47.4 Å². The molecule has 3 aromatic rings. The van der Waals surface area contributed by atoms with E-state index in [9.17, 15) is 8.42 Å². The standard InChI is InChI=1S/C17H19N3O4S/c1-13-5-3-6-14(11-13)23-9-4-10-24-20-17-12-15(25(2,21)22)7-8-16(17)18-19-20/h3,5-8,11-12H,4,9-10H2,1-2H3. The van der Waals surface area contributed by atoms with Gasteiger partial charge in [-0.15, -0.1) is 5.10 Å². The summed E-state index contributed by atoms with van der Waals surface area (Å²) in [5, 5.41) is 7.85. The van der Waals surface area contributed by atoms with Crippen molar-refractivity contribution in [1.29, 1.82) is 0 Å². The molecule has 0 N–H and O–H groups in total. The highest BCUT2D eigenvalue weighted by Crippen LogP contribution is 2.17. The molecule has 2 aromatic carbocycles. The third-order valence-electron chi connectivity index (χ3n) is 3.58. The Balaban J connectivity index is 1.58. The molecule has 8 heteroatoms. The van der Waals surface area contributed by atoms with Crippen molar-refractivity contribution in [1.82, 2.24) is 15.2 Å². The van der Waals surface area contributed by atoms with Crippen LogP contribution in [0.2, 0.25) is 0 Å². The lowest BCUT2D eigenvalue weighted by Crippen LogP contribution is -2.16. The second kappa shape index (κ2) is 7.10. The van der Waals surface area contributed by atoms with Gasteiger partial charge in [0.15, 0.2) is 9.84 Å². The topological polar surface area (TPSA) is 83.3 Å². The number of rotatable bonds is 7. The fourth-order valence-electron chi connectivity index (χ4n) is 2.31. The molecule has 0 amide bonds. The van der Waals surface area contributed by atoms with Crippen LogP contribution in [0.1, 0.15) is 12.0 Å². The molecule has 0 fully saturated rings. The lowest BCUT2D eigenvalue weighted by molar-refractivity contribution is 0.0779. The SMILES string of the molecule is Cc1cccc(OCCCOn2nnc3ccc(S(C)(=O)=O)cc32)c1. The van der Waals surface area contributed by atoms with E-state index >= 15 is 0 Å². The molecule has 0 atom stereocenters. The van der Waals surface area contributed by atoms with Gasteiger partial charge in [-0.05, 0) is 48.0 Å². The van der Waals surface area contributed by atoms with Gasteiger partial charge in [-0.3, -0.25) is 0 Å². The van der Waals surface area contributed by atoms with Crippen molar-refractivity contribution in [3.8, 4) is 5.75 Å². The van der Waals surface area contributed by atoms with E-state index in [1.54, 1.807) is 6.07 Å². The molecule has 0 unspecified atom stereocenters. The Labute approximate surface area is 146 Å². The number of sulfone groups is 1. The van der Waals surface area contributed by atoms with Gasteiger partial charge < -0.3 is 9.57 Å². The number of aromatic nitrogens is 3. The predicted octanol–water partition coefficient (Wildman–Crippen LogP) is 2.04. The minimum absolute atomic E-state index is 0.204. The van der Waals surface area contributed by atoms with E-state index in [4.69, 9.17) is 9.57 Å². The van der Waals surface area contributed by atoms with E-state index in [1.165, 1.54) is 17.0 Å². The minimum Gasteiger partial charge on any atom is -0.493 e. The molecule has 25 heavy (non-hydrogen) atoms. The lowest BCUT2D eigenvalue weighted by atomic mass is 10.2. The average Bonchev–Trinajstić information content (AvgIpc) is 2.96. The Morgan fingerprint density at radius 1 is 1.12 bits per heavy atom. The third kappa shape index (κ3) is 4.27. The van der Waals surface area contributed by atoms with Gasteiger partial charge in [0.1, 0.15) is 23.4 Å². The number of hydrogen-bond donors (Lipinski definition) is 0. The molecule has 1 aromatic heterocycles. The van der Waals surface area contributed by atoms with Crippen LogP contribution in [0, 0.1) is 6.92 Å². The molecule has 0 bridgehead atoms. The van der Waals surface area contributed by atoms with Gasteiger partial charge >= 0.3 is 0 Å². The van der Waals surface area contributed by atoms with Gasteiger partial charge in [-0.1, -0.05) is 17.0 Å². The van der Waals surface area contributed by atoms with Crippen LogP contribution in [0.4, 0.5) is 0 Å². The Bertz CT molecular complexity index is 982. The molecule has 0 aliphatic heterocycles. The number of fused-ring (bicyclic) bond motifs is 1. The van der Waals surface area contributed by atoms with Gasteiger partial charge in [0, 0.05) is 12.7 Å². The van der Waals surface area contributed by atoms with E-state index in [1.807, 2.05) is 31.2 Å². The molecule has 1 heterocycles. The van der Waals surface area contributed by atoms with Crippen LogP contribution >= 0.6 is 0 Å². The molecule has 0 radical (unpaired) electrons. The van der Waals surface area contributed by atoms with Crippen molar-refractivity contribution in [2.45, 2.75) is 18.2 Å². The minimum atomic E-state index is -3.30. The molecule has 3 rings (SSSR count). The van der Waals surface area contributed by atoms with E-state index in [0.717, 1.165) is 17.6 Å². The van der Waals surface area contributed by atoms with E-state index in [-0.39, 0.29) is 4.90 Å². The van der Waals surface area contributed by atoms with Crippen LogP contribution in [-0.4, -0.2) is 43.0 Å². The summed E-state index contributed by atoms with van der Waals surface area (Å²) in [4.78, 5) is 7.01. The summed E-state index contributed by atoms with van der Waals surface area (Å²) in [5.41, 5.74) is 2.23. The van der Waals surface area contributed by atoms with Gasteiger partial charge in [-0.2, -0.15) is 0 Å². The highest BCUT2D eigenvalue weighted by Gasteiger charge is 2.12. The first-order chi connectivity index (χ1) is 11.9. The van der Waals surface area contributed by atoms with Crippen LogP contribution < -0.4 is 9.57 Å². The van der Waals surface area contributed by atoms with Crippen LogP contribution in [0.25, 0.3) is 11.0 Å². The summed E-state index contributed by atoms with van der Waals surface area (Å²) in [6.07, 6.45) is 1.81. The van der Waals surface area contributed by atoms with Crippen molar-refractivity contribution in [2.75, 3.05) is 19.5 Å². The molecular weight excluding hydrogens is 342 g/mol. The Morgan fingerprint density at radius 3 is 2.72 bits per heavy atom. The summed E-state index contributed by atoms with van der Waals surface area (Å²) >= 11 is 0. The normalized spacial score (nSPS) is 11.6. The number of benzene rings is 2. The highest BCUT2D eigenvalue weighted by atomic mass is 32.2. The van der Waals surface area contributed by atoms with Crippen molar-refractivity contribution < 1.29 is 18.0 Å². The maximum Gasteiger partial charge on any atom is 0.175 e. The molecule has 0 spiro atoms. The van der Waals surface area contributed by atoms with Crippen molar-refractivity contribution in [3.63, 3.8) is 0 Å². The number of nitrogens with zero attached hydrogens (tertiary/aromatic N) is 3. The third-order valence-corrected chi connectivity index (χ3v) is 4.69. The van der Waals surface area contributed by atoms with Gasteiger partial charge in [-0.25, -0.2) is 8.42 Å². The van der Waals surface area contributed by atoms with Crippen LogP contribution in [-0.2, 0) is 9.84 Å². The average molecular weight is 361 g/mol. The molecule has 7 nitrogen and oxygen atoms in total. The predicted molar refractivity (Wildman–Crippen MR) is 93.4 cm³/mol. The highest BCUT2D eigenvalue weighted by molar-refractivity contribution is 7.90. The second-order valence-corrected chi connectivity index (χ2v) is 7.75. The fraction of sp³-hybridized carbons (Fsp3) is 0.294. The lowest BCUT2D eigenvalue weighted by Gasteiger charge is -2.08. The zero-order chi connectivity index (χ0) is 17.9. The summed E-state index contributed by atoms with van der Waals surface area (Å²) < 4.78 is 29.0. The van der Waals surface area contributed by atoms with E-state index in [0.29, 0.717) is 30.7 Å². The first kappa shape index (κ1) is 17.2. The van der Waals surface area contributed by atoms with Crippen molar-refractivity contribution >= 4 is 20.9 Å². The summed E-state index contributed by atoms with van der Waals surface area (Å²) in [6, 6.07) is 12.5. The Morgan fingerprint density at radius 2 is 1.96 bits per heavy atom. The Hall–Kier alpha value is -2.61. The van der Waals surface area contributed by atoms with E-state index in [2.05, 4.69) is 10.3 Å². The molecule has 0 saturated heterocycles. The van der Waals surface area contributed by atoms with E-state index < -0.39 is 9.84 Å². The molecule has 0 aliphatic carbocycles.